The van der Waals surface area contributed by atoms with E-state index in [2.05, 4.69) is 4.74 Å². The van der Waals surface area contributed by atoms with Crippen LogP contribution in [-0.4, -0.2) is 19.1 Å². The van der Waals surface area contributed by atoms with Gasteiger partial charge in [0.2, 0.25) is 0 Å². The molecule has 1 aromatic rings. The molecule has 3 nitrogen and oxygen atoms in total. The Morgan fingerprint density at radius 1 is 1.71 bits per heavy atom. The molecule has 5 heteroatoms. The molecular weight excluding hydrogens is 222 g/mol. The molecule has 0 aliphatic carbocycles. The Kier molecular flexibility index (Phi) is 4.38. The lowest BCUT2D eigenvalue weighted by atomic mass is 10.1. The van der Waals surface area contributed by atoms with Crippen molar-refractivity contribution >= 4 is 28.9 Å². The average Bonchev–Trinajstić information content (AvgIpc) is 2.59. The third-order valence-electron chi connectivity index (χ3n) is 1.83. The minimum absolute atomic E-state index is 0.368. The SMILES string of the molecule is COC(=O)C(N)CCc1ccc(Cl)s1. The molecule has 1 aromatic heterocycles. The van der Waals surface area contributed by atoms with Gasteiger partial charge >= 0.3 is 5.97 Å². The zero-order chi connectivity index (χ0) is 10.6. The number of halogens is 1. The minimum Gasteiger partial charge on any atom is -0.468 e. The second-order valence-corrected chi connectivity index (χ2v) is 4.67. The number of methoxy groups -OCH3 is 1. The van der Waals surface area contributed by atoms with Crippen molar-refractivity contribution in [3.63, 3.8) is 0 Å². The molecule has 1 rings (SSSR count). The van der Waals surface area contributed by atoms with Crippen molar-refractivity contribution in [2.45, 2.75) is 18.9 Å². The fourth-order valence-electron chi connectivity index (χ4n) is 1.05. The van der Waals surface area contributed by atoms with Gasteiger partial charge in [0.1, 0.15) is 6.04 Å². The predicted octanol–water partition coefficient (Wildman–Crippen LogP) is 1.83. The maximum Gasteiger partial charge on any atom is 0.322 e. The summed E-state index contributed by atoms with van der Waals surface area (Å²) < 4.78 is 5.28. The number of aryl methyl sites for hydroxylation is 1. The highest BCUT2D eigenvalue weighted by atomic mass is 35.5. The lowest BCUT2D eigenvalue weighted by molar-refractivity contribution is -0.142. The molecule has 0 bridgehead atoms. The predicted molar refractivity (Wildman–Crippen MR) is 57.6 cm³/mol. The summed E-state index contributed by atoms with van der Waals surface area (Å²) in [6, 6.07) is 3.24. The number of carbonyl (C=O) groups excluding carboxylic acids is 1. The third kappa shape index (κ3) is 3.29. The largest absolute Gasteiger partial charge is 0.468 e. The second-order valence-electron chi connectivity index (χ2n) is 2.87. The quantitative estimate of drug-likeness (QED) is 0.808. The van der Waals surface area contributed by atoms with E-state index in [4.69, 9.17) is 17.3 Å². The highest BCUT2D eigenvalue weighted by Crippen LogP contribution is 2.22. The Bertz CT molecular complexity index is 314. The van der Waals surface area contributed by atoms with Crippen LogP contribution in [0.5, 0.6) is 0 Å². The first kappa shape index (κ1) is 11.5. The summed E-state index contributed by atoms with van der Waals surface area (Å²) in [4.78, 5) is 12.1. The Morgan fingerprint density at radius 3 is 2.93 bits per heavy atom. The maximum atomic E-state index is 11.0. The standard InChI is InChI=1S/C9H12ClNO2S/c1-13-9(12)7(11)4-2-6-3-5-8(10)14-6/h3,5,7H,2,4,11H2,1H3. The van der Waals surface area contributed by atoms with Gasteiger partial charge in [-0.2, -0.15) is 0 Å². The van der Waals surface area contributed by atoms with Crippen LogP contribution in [0.15, 0.2) is 12.1 Å². The number of rotatable bonds is 4. The summed E-state index contributed by atoms with van der Waals surface area (Å²) in [5.41, 5.74) is 5.58. The van der Waals surface area contributed by atoms with Gasteiger partial charge in [0.15, 0.2) is 0 Å². The van der Waals surface area contributed by atoms with Crippen LogP contribution in [0.1, 0.15) is 11.3 Å². The second kappa shape index (κ2) is 5.34. The fraction of sp³-hybridized carbons (Fsp3) is 0.444. The van der Waals surface area contributed by atoms with Gasteiger partial charge in [-0.3, -0.25) is 4.79 Å². The fourth-order valence-corrected chi connectivity index (χ4v) is 2.16. The van der Waals surface area contributed by atoms with Crippen molar-refractivity contribution in [2.24, 2.45) is 5.73 Å². The third-order valence-corrected chi connectivity index (χ3v) is 3.13. The van der Waals surface area contributed by atoms with Gasteiger partial charge in [0.05, 0.1) is 11.4 Å². The monoisotopic (exact) mass is 233 g/mol. The normalized spacial score (nSPS) is 12.5. The van der Waals surface area contributed by atoms with E-state index >= 15 is 0 Å². The number of carbonyl (C=O) groups is 1. The average molecular weight is 234 g/mol. The Morgan fingerprint density at radius 2 is 2.43 bits per heavy atom. The lowest BCUT2D eigenvalue weighted by Gasteiger charge is -2.07. The van der Waals surface area contributed by atoms with Gasteiger partial charge in [-0.25, -0.2) is 0 Å². The van der Waals surface area contributed by atoms with Crippen molar-refractivity contribution in [2.75, 3.05) is 7.11 Å². The van der Waals surface area contributed by atoms with Crippen molar-refractivity contribution in [3.05, 3.63) is 21.3 Å². The van der Waals surface area contributed by atoms with E-state index in [1.54, 1.807) is 0 Å². The zero-order valence-corrected chi connectivity index (χ0v) is 9.40. The molecule has 0 saturated carbocycles. The first-order valence-corrected chi connectivity index (χ1v) is 5.40. The summed E-state index contributed by atoms with van der Waals surface area (Å²) in [5.74, 6) is -0.368. The van der Waals surface area contributed by atoms with Gasteiger partial charge < -0.3 is 10.5 Å². The van der Waals surface area contributed by atoms with E-state index in [1.165, 1.54) is 18.4 Å². The van der Waals surface area contributed by atoms with Gasteiger partial charge in [-0.05, 0) is 25.0 Å². The number of esters is 1. The van der Waals surface area contributed by atoms with Crippen LogP contribution in [0.2, 0.25) is 4.34 Å². The Balaban J connectivity index is 2.37. The molecule has 0 aliphatic rings. The zero-order valence-electron chi connectivity index (χ0n) is 7.83. The van der Waals surface area contributed by atoms with Gasteiger partial charge in [0, 0.05) is 4.88 Å². The van der Waals surface area contributed by atoms with Crippen LogP contribution >= 0.6 is 22.9 Å². The summed E-state index contributed by atoms with van der Waals surface area (Å²) in [5, 5.41) is 0. The molecule has 2 N–H and O–H groups in total. The van der Waals surface area contributed by atoms with Crippen molar-refractivity contribution in [1.29, 1.82) is 0 Å². The van der Waals surface area contributed by atoms with Gasteiger partial charge in [-0.15, -0.1) is 11.3 Å². The van der Waals surface area contributed by atoms with E-state index in [1.807, 2.05) is 12.1 Å². The number of ether oxygens (including phenoxy) is 1. The van der Waals surface area contributed by atoms with Crippen molar-refractivity contribution in [3.8, 4) is 0 Å². The van der Waals surface area contributed by atoms with E-state index in [0.717, 1.165) is 15.6 Å². The summed E-state index contributed by atoms with van der Waals surface area (Å²) >= 11 is 7.27. The Hall–Kier alpha value is -0.580. The molecule has 78 valence electrons. The molecule has 0 aromatic carbocycles. The summed E-state index contributed by atoms with van der Waals surface area (Å²) in [7, 11) is 1.34. The molecule has 0 radical (unpaired) electrons. The van der Waals surface area contributed by atoms with E-state index in [9.17, 15) is 4.79 Å². The van der Waals surface area contributed by atoms with E-state index < -0.39 is 6.04 Å². The number of thiophene rings is 1. The van der Waals surface area contributed by atoms with E-state index in [-0.39, 0.29) is 5.97 Å². The number of hydrogen-bond acceptors (Lipinski definition) is 4. The first-order chi connectivity index (χ1) is 6.63. The van der Waals surface area contributed by atoms with E-state index in [0.29, 0.717) is 6.42 Å². The number of hydrogen-bond donors (Lipinski definition) is 1. The molecule has 0 saturated heterocycles. The molecular formula is C9H12ClNO2S. The summed E-state index contributed by atoms with van der Waals surface area (Å²) in [6.07, 6.45) is 1.34. The smallest absolute Gasteiger partial charge is 0.322 e. The lowest BCUT2D eigenvalue weighted by Crippen LogP contribution is -2.31. The summed E-state index contributed by atoms with van der Waals surface area (Å²) in [6.45, 7) is 0. The van der Waals surface area contributed by atoms with Crippen LogP contribution in [0.4, 0.5) is 0 Å². The van der Waals surface area contributed by atoms with Gasteiger partial charge in [0.25, 0.3) is 0 Å². The highest BCUT2D eigenvalue weighted by Gasteiger charge is 2.13. The first-order valence-electron chi connectivity index (χ1n) is 4.21. The van der Waals surface area contributed by atoms with Crippen molar-refractivity contribution < 1.29 is 9.53 Å². The van der Waals surface area contributed by atoms with Crippen LogP contribution < -0.4 is 5.73 Å². The molecule has 1 heterocycles. The van der Waals surface area contributed by atoms with Crippen LogP contribution in [0.25, 0.3) is 0 Å². The van der Waals surface area contributed by atoms with Gasteiger partial charge in [-0.1, -0.05) is 11.6 Å². The molecule has 0 amide bonds. The topological polar surface area (TPSA) is 52.3 Å². The minimum atomic E-state index is -0.541. The molecule has 0 aliphatic heterocycles. The molecule has 1 atom stereocenters. The highest BCUT2D eigenvalue weighted by molar-refractivity contribution is 7.16. The van der Waals surface area contributed by atoms with Crippen LogP contribution in [-0.2, 0) is 16.0 Å². The molecule has 0 fully saturated rings. The molecule has 14 heavy (non-hydrogen) atoms. The Labute approximate surface area is 91.8 Å². The van der Waals surface area contributed by atoms with Crippen LogP contribution in [0, 0.1) is 0 Å². The van der Waals surface area contributed by atoms with Crippen molar-refractivity contribution in [1.82, 2.24) is 0 Å². The molecule has 1 unspecified atom stereocenters. The maximum absolute atomic E-state index is 11.0. The van der Waals surface area contributed by atoms with Crippen LogP contribution in [0.3, 0.4) is 0 Å². The molecule has 0 spiro atoms. The number of nitrogens with two attached hydrogens (primary N) is 1.